The molecule has 0 bridgehead atoms. The van der Waals surface area contributed by atoms with Crippen molar-refractivity contribution in [1.29, 1.82) is 0 Å². The summed E-state index contributed by atoms with van der Waals surface area (Å²) in [6, 6.07) is 0. The Morgan fingerprint density at radius 2 is 1.82 bits per heavy atom. The number of halogens is 1. The molecule has 0 aliphatic heterocycles. The third-order valence-corrected chi connectivity index (χ3v) is 0.348. The van der Waals surface area contributed by atoms with Crippen molar-refractivity contribution >= 4 is 18.4 Å². The van der Waals surface area contributed by atoms with E-state index in [0.717, 1.165) is 0 Å². The maximum atomic E-state index is 9.82. The second-order valence-electron chi connectivity index (χ2n) is 2.02. The average Bonchev–Trinajstić information content (AvgIpc) is 1.62. The first kappa shape index (κ1) is 17.0. The lowest BCUT2D eigenvalue weighted by Gasteiger charge is -1.89. The van der Waals surface area contributed by atoms with Gasteiger partial charge in [-0.3, -0.25) is 4.79 Å². The lowest BCUT2D eigenvalue weighted by molar-refractivity contribution is -0.140. The van der Waals surface area contributed by atoms with Crippen LogP contribution in [-0.2, 0) is 9.53 Å². The molecule has 0 radical (unpaired) electrons. The zero-order chi connectivity index (χ0) is 8.57. The number of aliphatic hydroxyl groups is 1. The van der Waals surface area contributed by atoms with Gasteiger partial charge in [-0.1, -0.05) is 0 Å². The van der Waals surface area contributed by atoms with Crippen LogP contribution in [0.25, 0.3) is 0 Å². The zero-order valence-corrected chi connectivity index (χ0v) is 8.27. The molecule has 0 spiro atoms. The van der Waals surface area contributed by atoms with Crippen LogP contribution in [0.2, 0.25) is 0 Å². The summed E-state index contributed by atoms with van der Waals surface area (Å²) in [5.41, 5.74) is 0. The largest absolute Gasteiger partial charge is 0.466 e. The summed E-state index contributed by atoms with van der Waals surface area (Å²) in [5, 5.41) is 8.06. The molecular weight excluding hydrogens is 168 g/mol. The lowest BCUT2D eigenvalue weighted by Crippen LogP contribution is -1.95. The van der Waals surface area contributed by atoms with Crippen molar-refractivity contribution in [3.05, 3.63) is 0 Å². The third kappa shape index (κ3) is 78.3. The van der Waals surface area contributed by atoms with Gasteiger partial charge in [-0.2, -0.15) is 0 Å². The zero-order valence-electron chi connectivity index (χ0n) is 7.46. The highest BCUT2D eigenvalue weighted by atomic mass is 35.5. The van der Waals surface area contributed by atoms with Crippen LogP contribution in [0.4, 0.5) is 0 Å². The normalized spacial score (nSPS) is 7.45. The van der Waals surface area contributed by atoms with Gasteiger partial charge in [0, 0.05) is 13.0 Å². The van der Waals surface area contributed by atoms with Crippen molar-refractivity contribution in [2.24, 2.45) is 0 Å². The van der Waals surface area contributed by atoms with Gasteiger partial charge in [0.25, 0.3) is 0 Å². The molecule has 0 aromatic heterocycles. The van der Waals surface area contributed by atoms with E-state index in [-0.39, 0.29) is 24.5 Å². The molecule has 0 amide bonds. The van der Waals surface area contributed by atoms with Gasteiger partial charge in [0.1, 0.15) is 0 Å². The average molecular weight is 185 g/mol. The molecule has 0 heterocycles. The molecule has 0 aliphatic rings. The molecule has 0 atom stereocenters. The molecule has 0 fully saturated rings. The van der Waals surface area contributed by atoms with Crippen molar-refractivity contribution < 1.29 is 14.6 Å². The number of hydrogen-bond acceptors (Lipinski definition) is 3. The van der Waals surface area contributed by atoms with Gasteiger partial charge >= 0.3 is 5.97 Å². The Kier molecular flexibility index (Phi) is 19.2. The van der Waals surface area contributed by atoms with Crippen LogP contribution >= 0.6 is 12.4 Å². The van der Waals surface area contributed by atoms with Crippen LogP contribution in [0.5, 0.6) is 0 Å². The molecule has 0 rings (SSSR count). The fourth-order valence-corrected chi connectivity index (χ4v) is 0.203. The molecule has 0 unspecified atom stereocenters. The number of carbonyl (C=O) groups excluding carboxylic acids is 1. The Morgan fingerprint density at radius 3 is 1.82 bits per heavy atom. The van der Waals surface area contributed by atoms with Crippen LogP contribution in [0.3, 0.4) is 0 Å². The SMILES string of the molecule is CC(C)O.CCOC(C)=O.Cl. The molecule has 0 aliphatic carbocycles. The number of hydrogen-bond donors (Lipinski definition) is 1. The Balaban J connectivity index is -0.000000114. The molecule has 0 saturated carbocycles. The van der Waals surface area contributed by atoms with Crippen molar-refractivity contribution in [1.82, 2.24) is 0 Å². The minimum absolute atomic E-state index is 0. The highest BCUT2D eigenvalue weighted by molar-refractivity contribution is 5.85. The third-order valence-electron chi connectivity index (χ3n) is 0.348. The first-order chi connectivity index (χ1) is 4.50. The van der Waals surface area contributed by atoms with Crippen LogP contribution in [-0.4, -0.2) is 23.8 Å². The van der Waals surface area contributed by atoms with E-state index in [9.17, 15) is 4.79 Å². The molecule has 1 N–H and O–H groups in total. The first-order valence-corrected chi connectivity index (χ1v) is 3.32. The van der Waals surface area contributed by atoms with Crippen molar-refractivity contribution in [2.45, 2.75) is 33.8 Å². The summed E-state index contributed by atoms with van der Waals surface area (Å²) in [6.45, 7) is 7.10. The molecule has 0 aromatic rings. The van der Waals surface area contributed by atoms with Crippen LogP contribution in [0.1, 0.15) is 27.7 Å². The molecule has 0 aromatic carbocycles. The van der Waals surface area contributed by atoms with E-state index in [0.29, 0.717) is 6.61 Å². The lowest BCUT2D eigenvalue weighted by atomic mass is 10.5. The number of rotatable bonds is 1. The van der Waals surface area contributed by atoms with Crippen molar-refractivity contribution in [3.63, 3.8) is 0 Å². The molecule has 11 heavy (non-hydrogen) atoms. The van der Waals surface area contributed by atoms with E-state index < -0.39 is 0 Å². The molecular formula is C7H17ClO3. The molecule has 4 heteroatoms. The predicted octanol–water partition coefficient (Wildman–Crippen LogP) is 1.38. The van der Waals surface area contributed by atoms with Crippen LogP contribution in [0, 0.1) is 0 Å². The minimum Gasteiger partial charge on any atom is -0.466 e. The highest BCUT2D eigenvalue weighted by Crippen LogP contribution is 1.69. The van der Waals surface area contributed by atoms with Crippen LogP contribution < -0.4 is 0 Å². The van der Waals surface area contributed by atoms with Crippen molar-refractivity contribution in [3.8, 4) is 0 Å². The molecule has 70 valence electrons. The topological polar surface area (TPSA) is 46.5 Å². The summed E-state index contributed by atoms with van der Waals surface area (Å²) in [6.07, 6.45) is -0.167. The standard InChI is InChI=1S/C4H8O2.C3H8O.ClH/c1-3-6-4(2)5;1-3(2)4;/h3H2,1-2H3;3-4H,1-2H3;1H. The number of esters is 1. The van der Waals surface area contributed by atoms with E-state index in [1.807, 2.05) is 0 Å². The van der Waals surface area contributed by atoms with Gasteiger partial charge in [-0.25, -0.2) is 0 Å². The van der Waals surface area contributed by atoms with Crippen molar-refractivity contribution in [2.75, 3.05) is 6.61 Å². The van der Waals surface area contributed by atoms with Gasteiger partial charge in [0.05, 0.1) is 6.61 Å². The first-order valence-electron chi connectivity index (χ1n) is 3.32. The molecule has 3 nitrogen and oxygen atoms in total. The van der Waals surface area contributed by atoms with Gasteiger partial charge in [0.15, 0.2) is 0 Å². The second kappa shape index (κ2) is 12.4. The summed E-state index contributed by atoms with van der Waals surface area (Å²) in [4.78, 5) is 9.82. The van der Waals surface area contributed by atoms with E-state index in [1.165, 1.54) is 6.92 Å². The van der Waals surface area contributed by atoms with E-state index in [2.05, 4.69) is 4.74 Å². The van der Waals surface area contributed by atoms with Gasteiger partial charge in [0.2, 0.25) is 0 Å². The Morgan fingerprint density at radius 1 is 1.55 bits per heavy atom. The fourth-order valence-electron chi connectivity index (χ4n) is 0.203. The van der Waals surface area contributed by atoms with Gasteiger partial charge in [-0.05, 0) is 20.8 Å². The van der Waals surface area contributed by atoms with E-state index in [4.69, 9.17) is 5.11 Å². The van der Waals surface area contributed by atoms with E-state index >= 15 is 0 Å². The summed E-state index contributed by atoms with van der Waals surface area (Å²) in [7, 11) is 0. The highest BCUT2D eigenvalue weighted by Gasteiger charge is 1.81. The maximum Gasteiger partial charge on any atom is 0.302 e. The Labute approximate surface area is 74.2 Å². The predicted molar refractivity (Wildman–Crippen MR) is 46.9 cm³/mol. The Bertz CT molecular complexity index is 81.0. The fraction of sp³-hybridized carbons (Fsp3) is 0.857. The maximum absolute atomic E-state index is 9.82. The second-order valence-corrected chi connectivity index (χ2v) is 2.02. The van der Waals surface area contributed by atoms with Gasteiger partial charge in [-0.15, -0.1) is 12.4 Å². The monoisotopic (exact) mass is 184 g/mol. The summed E-state index contributed by atoms with van der Waals surface area (Å²) >= 11 is 0. The summed E-state index contributed by atoms with van der Waals surface area (Å²) in [5.74, 6) is -0.211. The quantitative estimate of drug-likeness (QED) is 0.627. The Hall–Kier alpha value is -0.280. The number of aliphatic hydroxyl groups excluding tert-OH is 1. The molecule has 0 saturated heterocycles. The number of carbonyl (C=O) groups is 1. The smallest absolute Gasteiger partial charge is 0.302 e. The summed E-state index contributed by atoms with van der Waals surface area (Å²) < 4.78 is 4.40. The number of ether oxygens (including phenoxy) is 1. The van der Waals surface area contributed by atoms with Gasteiger partial charge < -0.3 is 9.84 Å². The van der Waals surface area contributed by atoms with Crippen LogP contribution in [0.15, 0.2) is 0 Å². The minimum atomic E-state index is -0.211. The van der Waals surface area contributed by atoms with E-state index in [1.54, 1.807) is 20.8 Å².